The Morgan fingerprint density at radius 3 is 2.30 bits per heavy atom. The molecule has 2 aromatic carbocycles. The van der Waals surface area contributed by atoms with Gasteiger partial charge in [0.1, 0.15) is 5.65 Å². The van der Waals surface area contributed by atoms with Crippen molar-refractivity contribution < 1.29 is 9.53 Å². The quantitative estimate of drug-likeness (QED) is 0.358. The minimum Gasteiger partial charge on any atom is -0.381 e. The molecule has 6 nitrogen and oxygen atoms in total. The first kappa shape index (κ1) is 24.2. The summed E-state index contributed by atoms with van der Waals surface area (Å²) >= 11 is 6.18. The highest BCUT2D eigenvalue weighted by atomic mass is 35.5. The Morgan fingerprint density at radius 1 is 0.865 bits per heavy atom. The van der Waals surface area contributed by atoms with Crippen LogP contribution in [0.1, 0.15) is 18.5 Å². The van der Waals surface area contributed by atoms with Crippen molar-refractivity contribution in [3.63, 3.8) is 0 Å². The van der Waals surface area contributed by atoms with Crippen molar-refractivity contribution in [1.82, 2.24) is 19.2 Å². The van der Waals surface area contributed by atoms with Gasteiger partial charge in [0.05, 0.1) is 11.4 Å². The van der Waals surface area contributed by atoms with Gasteiger partial charge in [-0.1, -0.05) is 54.1 Å². The Bertz CT molecular complexity index is 1370. The van der Waals surface area contributed by atoms with Gasteiger partial charge in [0.2, 0.25) is 5.91 Å². The topological polar surface area (TPSA) is 50.1 Å². The van der Waals surface area contributed by atoms with Crippen molar-refractivity contribution in [2.24, 2.45) is 5.92 Å². The van der Waals surface area contributed by atoms with Crippen molar-refractivity contribution in [2.75, 3.05) is 39.4 Å². The molecule has 0 bridgehead atoms. The van der Waals surface area contributed by atoms with E-state index in [-0.39, 0.29) is 5.92 Å². The van der Waals surface area contributed by atoms with E-state index in [4.69, 9.17) is 21.3 Å². The predicted molar refractivity (Wildman–Crippen MR) is 146 cm³/mol. The summed E-state index contributed by atoms with van der Waals surface area (Å²) in [4.78, 5) is 22.5. The molecule has 0 aliphatic carbocycles. The van der Waals surface area contributed by atoms with Gasteiger partial charge in [0, 0.05) is 68.6 Å². The molecule has 0 unspecified atom stereocenters. The standard InChI is InChI=1S/C30H31ClN4O2/c31-26-9-6-23(7-10-26)29-27(35-20-25(8-11-28(35)32-29)22-4-2-1-3-5-22)21-33-14-16-34(17-15-33)30(36)24-12-18-37-19-13-24/h1-11,20,24H,12-19,21H2. The van der Waals surface area contributed by atoms with Crippen molar-refractivity contribution in [3.8, 4) is 22.4 Å². The van der Waals surface area contributed by atoms with Crippen LogP contribution in [0, 0.1) is 5.92 Å². The lowest BCUT2D eigenvalue weighted by Gasteiger charge is -2.37. The van der Waals surface area contributed by atoms with Crippen molar-refractivity contribution >= 4 is 23.2 Å². The number of halogens is 1. The van der Waals surface area contributed by atoms with Gasteiger partial charge in [-0.25, -0.2) is 4.98 Å². The third-order valence-electron chi connectivity index (χ3n) is 7.57. The van der Waals surface area contributed by atoms with E-state index in [1.54, 1.807) is 0 Å². The van der Waals surface area contributed by atoms with Crippen LogP contribution in [-0.4, -0.2) is 64.5 Å². The van der Waals surface area contributed by atoms with Gasteiger partial charge in [-0.2, -0.15) is 0 Å². The number of ether oxygens (including phenoxy) is 1. The van der Waals surface area contributed by atoms with Gasteiger partial charge in [0.15, 0.2) is 0 Å². The van der Waals surface area contributed by atoms with E-state index >= 15 is 0 Å². The highest BCUT2D eigenvalue weighted by Gasteiger charge is 2.29. The summed E-state index contributed by atoms with van der Waals surface area (Å²) in [7, 11) is 0. The summed E-state index contributed by atoms with van der Waals surface area (Å²) in [6, 6.07) is 22.6. The summed E-state index contributed by atoms with van der Waals surface area (Å²) in [5.41, 5.74) is 6.44. The molecule has 0 N–H and O–H groups in total. The Labute approximate surface area is 222 Å². The third-order valence-corrected chi connectivity index (χ3v) is 7.82. The molecule has 1 amide bonds. The van der Waals surface area contributed by atoms with E-state index in [1.807, 2.05) is 30.3 Å². The highest BCUT2D eigenvalue weighted by molar-refractivity contribution is 6.30. The smallest absolute Gasteiger partial charge is 0.225 e. The number of nitrogens with zero attached hydrogens (tertiary/aromatic N) is 4. The molecule has 0 saturated carbocycles. The van der Waals surface area contributed by atoms with E-state index in [0.29, 0.717) is 24.1 Å². The fourth-order valence-electron chi connectivity index (χ4n) is 5.43. The molecule has 0 atom stereocenters. The second-order valence-corrected chi connectivity index (χ2v) is 10.4. The number of pyridine rings is 1. The minimum atomic E-state index is 0.118. The number of hydrogen-bond donors (Lipinski definition) is 0. The zero-order valence-electron chi connectivity index (χ0n) is 20.9. The number of fused-ring (bicyclic) bond motifs is 1. The summed E-state index contributed by atoms with van der Waals surface area (Å²) in [6.07, 6.45) is 3.88. The summed E-state index contributed by atoms with van der Waals surface area (Å²) in [6.45, 7) is 5.38. The van der Waals surface area contributed by atoms with Crippen LogP contribution < -0.4 is 0 Å². The fourth-order valence-corrected chi connectivity index (χ4v) is 5.55. The molecule has 190 valence electrons. The molecule has 2 aliphatic heterocycles. The van der Waals surface area contributed by atoms with Crippen LogP contribution in [0.4, 0.5) is 0 Å². The van der Waals surface area contributed by atoms with E-state index in [9.17, 15) is 4.79 Å². The third kappa shape index (κ3) is 5.14. The SMILES string of the molecule is O=C(C1CCOCC1)N1CCN(Cc2c(-c3ccc(Cl)cc3)nc3ccc(-c4ccccc4)cn23)CC1. The molecule has 2 aromatic heterocycles. The number of benzene rings is 2. The van der Waals surface area contributed by atoms with Crippen molar-refractivity contribution in [3.05, 3.63) is 83.6 Å². The lowest BCUT2D eigenvalue weighted by Crippen LogP contribution is -2.50. The van der Waals surface area contributed by atoms with Gasteiger partial charge in [-0.05, 0) is 48.2 Å². The van der Waals surface area contributed by atoms with E-state index in [2.05, 4.69) is 56.8 Å². The molecule has 0 radical (unpaired) electrons. The number of amides is 1. The van der Waals surface area contributed by atoms with Gasteiger partial charge in [0.25, 0.3) is 0 Å². The molecule has 6 rings (SSSR count). The zero-order chi connectivity index (χ0) is 25.2. The second kappa shape index (κ2) is 10.7. The van der Waals surface area contributed by atoms with Crippen LogP contribution in [0.3, 0.4) is 0 Å². The fraction of sp³-hybridized carbons (Fsp3) is 0.333. The Morgan fingerprint density at radius 2 is 1.57 bits per heavy atom. The number of piperazine rings is 1. The first-order chi connectivity index (χ1) is 18.2. The average Bonchev–Trinajstić information content (AvgIpc) is 3.32. The molecule has 2 saturated heterocycles. The maximum atomic E-state index is 13.0. The molecule has 2 fully saturated rings. The number of carbonyl (C=O) groups excluding carboxylic acids is 1. The maximum absolute atomic E-state index is 13.0. The Kier molecular flexibility index (Phi) is 6.96. The van der Waals surface area contributed by atoms with Crippen LogP contribution in [0.2, 0.25) is 5.02 Å². The monoisotopic (exact) mass is 514 g/mol. The molecule has 4 aromatic rings. The highest BCUT2D eigenvalue weighted by Crippen LogP contribution is 2.29. The van der Waals surface area contributed by atoms with Crippen LogP contribution in [0.15, 0.2) is 72.9 Å². The number of imidazole rings is 1. The van der Waals surface area contributed by atoms with Gasteiger partial charge < -0.3 is 14.0 Å². The molecule has 37 heavy (non-hydrogen) atoms. The maximum Gasteiger partial charge on any atom is 0.225 e. The molecule has 4 heterocycles. The summed E-state index contributed by atoms with van der Waals surface area (Å²) in [5.74, 6) is 0.416. The minimum absolute atomic E-state index is 0.118. The zero-order valence-corrected chi connectivity index (χ0v) is 21.6. The summed E-state index contributed by atoms with van der Waals surface area (Å²) < 4.78 is 7.67. The first-order valence-corrected chi connectivity index (χ1v) is 13.4. The first-order valence-electron chi connectivity index (χ1n) is 13.1. The molecule has 7 heteroatoms. The Balaban J connectivity index is 1.28. The predicted octanol–water partition coefficient (Wildman–Crippen LogP) is 5.39. The number of rotatable bonds is 5. The van der Waals surface area contributed by atoms with Crippen molar-refractivity contribution in [1.29, 1.82) is 0 Å². The van der Waals surface area contributed by atoms with Crippen LogP contribution in [-0.2, 0) is 16.1 Å². The molecule has 2 aliphatic rings. The van der Waals surface area contributed by atoms with Gasteiger partial charge in [-0.15, -0.1) is 0 Å². The lowest BCUT2D eigenvalue weighted by atomic mass is 9.98. The average molecular weight is 515 g/mol. The van der Waals surface area contributed by atoms with E-state index in [0.717, 1.165) is 73.7 Å². The van der Waals surface area contributed by atoms with Crippen LogP contribution >= 0.6 is 11.6 Å². The van der Waals surface area contributed by atoms with Crippen molar-refractivity contribution in [2.45, 2.75) is 19.4 Å². The van der Waals surface area contributed by atoms with E-state index in [1.165, 1.54) is 5.56 Å². The number of aromatic nitrogens is 2. The van der Waals surface area contributed by atoms with Crippen LogP contribution in [0.5, 0.6) is 0 Å². The van der Waals surface area contributed by atoms with Gasteiger partial charge in [-0.3, -0.25) is 9.69 Å². The number of carbonyl (C=O) groups is 1. The summed E-state index contributed by atoms with van der Waals surface area (Å²) in [5, 5.41) is 0.714. The second-order valence-electron chi connectivity index (χ2n) is 9.91. The van der Waals surface area contributed by atoms with E-state index < -0.39 is 0 Å². The van der Waals surface area contributed by atoms with Gasteiger partial charge >= 0.3 is 0 Å². The van der Waals surface area contributed by atoms with Crippen LogP contribution in [0.25, 0.3) is 28.0 Å². The molecular weight excluding hydrogens is 484 g/mol. The largest absolute Gasteiger partial charge is 0.381 e. The molecule has 0 spiro atoms. The molecular formula is C30H31ClN4O2. The normalized spacial score (nSPS) is 17.4. The lowest BCUT2D eigenvalue weighted by molar-refractivity contribution is -0.140. The Hall–Kier alpha value is -3.19. The number of hydrogen-bond acceptors (Lipinski definition) is 4.